The van der Waals surface area contributed by atoms with Crippen molar-refractivity contribution in [2.45, 2.75) is 65.1 Å². The summed E-state index contributed by atoms with van der Waals surface area (Å²) in [5, 5.41) is 10.2. The van der Waals surface area contributed by atoms with Gasteiger partial charge in [0.15, 0.2) is 0 Å². The van der Waals surface area contributed by atoms with Gasteiger partial charge in [0.1, 0.15) is 5.66 Å². The van der Waals surface area contributed by atoms with Crippen LogP contribution in [0.3, 0.4) is 0 Å². The number of para-hydroxylation sites is 1. The molecule has 0 fully saturated rings. The number of hydrogen-bond acceptors (Lipinski definition) is 3. The van der Waals surface area contributed by atoms with Gasteiger partial charge in [-0.1, -0.05) is 83.2 Å². The van der Waals surface area contributed by atoms with Crippen molar-refractivity contribution < 1.29 is 4.79 Å². The molecule has 35 heavy (non-hydrogen) atoms. The van der Waals surface area contributed by atoms with Crippen LogP contribution in [-0.2, 0) is 6.54 Å². The highest BCUT2D eigenvalue weighted by atomic mass is 16.2. The van der Waals surface area contributed by atoms with Crippen LogP contribution in [0.5, 0.6) is 0 Å². The zero-order chi connectivity index (χ0) is 25.6. The predicted octanol–water partition coefficient (Wildman–Crippen LogP) is 6.76. The Hall–Kier alpha value is -3.05. The van der Waals surface area contributed by atoms with E-state index in [-0.39, 0.29) is 11.9 Å². The van der Waals surface area contributed by atoms with Crippen LogP contribution >= 0.6 is 0 Å². The highest BCUT2D eigenvalue weighted by Gasteiger charge is 2.36. The van der Waals surface area contributed by atoms with Crippen LogP contribution in [0, 0.1) is 5.92 Å². The summed E-state index contributed by atoms with van der Waals surface area (Å²) in [6, 6.07) is 14.6. The molecule has 3 rings (SSSR count). The van der Waals surface area contributed by atoms with Crippen LogP contribution in [0.15, 0.2) is 66.8 Å². The van der Waals surface area contributed by atoms with Gasteiger partial charge in [-0.05, 0) is 53.2 Å². The molecule has 0 bridgehead atoms. The molecule has 1 unspecified atom stereocenters. The standard InChI is InChI=1S/C30H42N4O/c1-8-24-12-9-10-19-30(24,31-20-23-15-17-25(18-16-23)34(6)7)33-29(35)32-28-26(21(2)3)13-11-14-27(28)22(4)5/h9-19,21-22,24,31H,8,20H2,1-7H3,(H2,32,33,35)/t24-,30?/m0/s1. The van der Waals surface area contributed by atoms with Crippen LogP contribution < -0.4 is 20.9 Å². The monoisotopic (exact) mass is 474 g/mol. The largest absolute Gasteiger partial charge is 0.378 e. The van der Waals surface area contributed by atoms with E-state index in [1.807, 2.05) is 20.2 Å². The Labute approximate surface area is 211 Å². The number of anilines is 2. The molecular weight excluding hydrogens is 432 g/mol. The normalized spacial score (nSPS) is 19.3. The zero-order valence-electron chi connectivity index (χ0n) is 22.4. The number of benzene rings is 2. The molecule has 1 aliphatic carbocycles. The number of urea groups is 1. The van der Waals surface area contributed by atoms with Crippen LogP contribution in [0.2, 0.25) is 0 Å². The molecule has 2 aromatic rings. The van der Waals surface area contributed by atoms with Crippen molar-refractivity contribution in [2.75, 3.05) is 24.3 Å². The van der Waals surface area contributed by atoms with Gasteiger partial charge in [-0.15, -0.1) is 0 Å². The summed E-state index contributed by atoms with van der Waals surface area (Å²) in [6.07, 6.45) is 9.21. The molecule has 2 atom stereocenters. The lowest BCUT2D eigenvalue weighted by atomic mass is 9.85. The minimum atomic E-state index is -0.682. The van der Waals surface area contributed by atoms with Crippen LogP contribution in [0.1, 0.15) is 69.6 Å². The number of hydrogen-bond donors (Lipinski definition) is 3. The molecule has 0 radical (unpaired) electrons. The third-order valence-corrected chi connectivity index (χ3v) is 6.81. The maximum absolute atomic E-state index is 13.5. The van der Waals surface area contributed by atoms with Gasteiger partial charge < -0.3 is 15.5 Å². The third kappa shape index (κ3) is 6.34. The summed E-state index contributed by atoms with van der Waals surface area (Å²) in [7, 11) is 4.08. The van der Waals surface area contributed by atoms with E-state index in [1.165, 1.54) is 5.56 Å². The molecular formula is C30H42N4O. The Morgan fingerprint density at radius 3 is 2.14 bits per heavy atom. The summed E-state index contributed by atoms with van der Waals surface area (Å²) in [6.45, 7) is 11.4. The van der Waals surface area contributed by atoms with Crippen molar-refractivity contribution in [1.29, 1.82) is 0 Å². The first-order valence-corrected chi connectivity index (χ1v) is 12.8. The second-order valence-electron chi connectivity index (χ2n) is 10.2. The first-order valence-electron chi connectivity index (χ1n) is 12.8. The van der Waals surface area contributed by atoms with E-state index in [0.29, 0.717) is 18.4 Å². The molecule has 2 amide bonds. The number of allylic oxidation sites excluding steroid dienone is 2. The fourth-order valence-corrected chi connectivity index (χ4v) is 4.70. The van der Waals surface area contributed by atoms with Gasteiger partial charge in [0.05, 0.1) is 0 Å². The van der Waals surface area contributed by atoms with Crippen LogP contribution in [0.4, 0.5) is 16.2 Å². The molecule has 1 aliphatic rings. The Morgan fingerprint density at radius 1 is 0.971 bits per heavy atom. The molecule has 5 nitrogen and oxygen atoms in total. The van der Waals surface area contributed by atoms with Crippen molar-refractivity contribution in [1.82, 2.24) is 10.6 Å². The Morgan fingerprint density at radius 2 is 1.60 bits per heavy atom. The lowest BCUT2D eigenvalue weighted by Crippen LogP contribution is -2.62. The number of nitrogens with zero attached hydrogens (tertiary/aromatic N) is 1. The highest BCUT2D eigenvalue weighted by molar-refractivity contribution is 5.92. The number of amides is 2. The predicted molar refractivity (Wildman–Crippen MR) is 149 cm³/mol. The molecule has 0 saturated heterocycles. The molecule has 188 valence electrons. The molecule has 0 aromatic heterocycles. The summed E-state index contributed by atoms with van der Waals surface area (Å²) in [5.74, 6) is 0.744. The fraction of sp³-hybridized carbons (Fsp3) is 0.433. The van der Waals surface area contributed by atoms with E-state index in [9.17, 15) is 4.79 Å². The van der Waals surface area contributed by atoms with E-state index < -0.39 is 5.66 Å². The van der Waals surface area contributed by atoms with Gasteiger partial charge in [-0.25, -0.2) is 4.79 Å². The number of nitrogens with one attached hydrogen (secondary N) is 3. The van der Waals surface area contributed by atoms with E-state index in [0.717, 1.165) is 28.9 Å². The van der Waals surface area contributed by atoms with Crippen molar-refractivity contribution in [2.24, 2.45) is 5.92 Å². The number of carbonyl (C=O) groups excluding carboxylic acids is 1. The SMILES string of the molecule is CC[C@H]1C=CC=CC1(NCc1ccc(N(C)C)cc1)NC(=O)Nc1c(C(C)C)cccc1C(C)C. The minimum absolute atomic E-state index is 0.129. The lowest BCUT2D eigenvalue weighted by Gasteiger charge is -2.40. The van der Waals surface area contributed by atoms with Crippen molar-refractivity contribution in [3.8, 4) is 0 Å². The fourth-order valence-electron chi connectivity index (χ4n) is 4.70. The average molecular weight is 475 g/mol. The first-order chi connectivity index (χ1) is 16.7. The minimum Gasteiger partial charge on any atom is -0.378 e. The second-order valence-corrected chi connectivity index (χ2v) is 10.2. The molecule has 2 aromatic carbocycles. The third-order valence-electron chi connectivity index (χ3n) is 6.81. The molecule has 0 aliphatic heterocycles. The zero-order valence-corrected chi connectivity index (χ0v) is 22.4. The van der Waals surface area contributed by atoms with E-state index in [4.69, 9.17) is 0 Å². The van der Waals surface area contributed by atoms with Gasteiger partial charge in [0, 0.05) is 37.9 Å². The molecule has 0 spiro atoms. The van der Waals surface area contributed by atoms with E-state index in [1.54, 1.807) is 0 Å². The van der Waals surface area contributed by atoms with Crippen molar-refractivity contribution in [3.63, 3.8) is 0 Å². The smallest absolute Gasteiger partial charge is 0.320 e. The van der Waals surface area contributed by atoms with E-state index >= 15 is 0 Å². The van der Waals surface area contributed by atoms with Gasteiger partial charge >= 0.3 is 6.03 Å². The molecule has 3 N–H and O–H groups in total. The van der Waals surface area contributed by atoms with E-state index in [2.05, 4.69) is 116 Å². The lowest BCUT2D eigenvalue weighted by molar-refractivity contribution is 0.214. The summed E-state index contributed by atoms with van der Waals surface area (Å²) in [4.78, 5) is 15.6. The van der Waals surface area contributed by atoms with Gasteiger partial charge in [-0.2, -0.15) is 0 Å². The summed E-state index contributed by atoms with van der Waals surface area (Å²) in [5.41, 5.74) is 4.88. The van der Waals surface area contributed by atoms with Gasteiger partial charge in [0.25, 0.3) is 0 Å². The highest BCUT2D eigenvalue weighted by Crippen LogP contribution is 2.33. The topological polar surface area (TPSA) is 56.4 Å². The Kier molecular flexibility index (Phi) is 8.79. The second kappa shape index (κ2) is 11.6. The number of rotatable bonds is 9. The van der Waals surface area contributed by atoms with Crippen LogP contribution in [0.25, 0.3) is 0 Å². The maximum atomic E-state index is 13.5. The average Bonchev–Trinajstić information content (AvgIpc) is 2.83. The Balaban J connectivity index is 1.85. The quantitative estimate of drug-likeness (QED) is 0.352. The Bertz CT molecular complexity index is 1030. The molecule has 0 saturated carbocycles. The summed E-state index contributed by atoms with van der Waals surface area (Å²) < 4.78 is 0. The van der Waals surface area contributed by atoms with Crippen molar-refractivity contribution in [3.05, 3.63) is 83.5 Å². The molecule has 5 heteroatoms. The van der Waals surface area contributed by atoms with Crippen molar-refractivity contribution >= 4 is 17.4 Å². The van der Waals surface area contributed by atoms with Gasteiger partial charge in [-0.3, -0.25) is 5.32 Å². The summed E-state index contributed by atoms with van der Waals surface area (Å²) >= 11 is 0. The van der Waals surface area contributed by atoms with Crippen LogP contribution in [-0.4, -0.2) is 25.8 Å². The van der Waals surface area contributed by atoms with Gasteiger partial charge in [0.2, 0.25) is 0 Å². The first kappa shape index (κ1) is 26.6. The molecule has 0 heterocycles. The maximum Gasteiger partial charge on any atom is 0.320 e. The number of carbonyl (C=O) groups is 1.